The number of benzene rings is 1. The Morgan fingerprint density at radius 3 is 2.42 bits per heavy atom. The van der Waals surface area contributed by atoms with Crippen molar-refractivity contribution in [1.29, 1.82) is 0 Å². The van der Waals surface area contributed by atoms with Crippen molar-refractivity contribution in [1.82, 2.24) is 9.62 Å². The van der Waals surface area contributed by atoms with Crippen LogP contribution >= 0.6 is 0 Å². The standard InChI is InChI=1S/C24H32N4O8S2/c1-8-35-24(30)22-20(25-16-10-9-11-18(21(16)29)38(33,34)28(6)7)23(27-37(22,31)32)26-19(13(2)3)17-12-14(4)15(5)36-17/h9-13,19,25,29H,8H2,1-7H3,(H,26,27)/t19-/m1/s1. The molecule has 0 saturated carbocycles. The van der Waals surface area contributed by atoms with Crippen LogP contribution in [0.15, 0.2) is 48.6 Å². The maximum absolute atomic E-state index is 13.0. The number of hydrogen-bond acceptors (Lipinski definition) is 10. The molecule has 0 radical (unpaired) electrons. The number of furan rings is 1. The van der Waals surface area contributed by atoms with Crippen molar-refractivity contribution in [3.63, 3.8) is 0 Å². The SMILES string of the molecule is CCOC(=O)C1=C(Nc2cccc(S(=O)(=O)N(C)C)c2O)C(N[C@@H](c2cc(C)c(C)o2)C(C)C)=NS1(=O)=O. The third kappa shape index (κ3) is 5.56. The molecule has 12 nitrogen and oxygen atoms in total. The van der Waals surface area contributed by atoms with Gasteiger partial charge in [0.15, 0.2) is 11.6 Å². The summed E-state index contributed by atoms with van der Waals surface area (Å²) in [6, 6.07) is 5.17. The zero-order chi connectivity index (χ0) is 28.6. The van der Waals surface area contributed by atoms with E-state index in [2.05, 4.69) is 15.0 Å². The van der Waals surface area contributed by atoms with Gasteiger partial charge in [-0.05, 0) is 50.5 Å². The Morgan fingerprint density at radius 1 is 1.24 bits per heavy atom. The normalized spacial score (nSPS) is 16.1. The molecule has 1 aromatic heterocycles. The lowest BCUT2D eigenvalue weighted by Gasteiger charge is -2.23. The van der Waals surface area contributed by atoms with Gasteiger partial charge in [0.25, 0.3) is 10.0 Å². The average molecular weight is 569 g/mol. The van der Waals surface area contributed by atoms with Gasteiger partial charge in [0, 0.05) is 14.1 Å². The number of hydrogen-bond donors (Lipinski definition) is 3. The maximum atomic E-state index is 13.0. The number of nitrogens with one attached hydrogen (secondary N) is 2. The summed E-state index contributed by atoms with van der Waals surface area (Å²) in [4.78, 5) is 11.6. The molecular formula is C24H32N4O8S2. The highest BCUT2D eigenvalue weighted by atomic mass is 32.2. The molecule has 38 heavy (non-hydrogen) atoms. The summed E-state index contributed by atoms with van der Waals surface area (Å²) in [7, 11) is -5.96. The van der Waals surface area contributed by atoms with Crippen LogP contribution in [0.4, 0.5) is 5.69 Å². The van der Waals surface area contributed by atoms with Gasteiger partial charge in [-0.25, -0.2) is 17.5 Å². The molecule has 0 bridgehead atoms. The summed E-state index contributed by atoms with van der Waals surface area (Å²) in [5.74, 6) is -0.936. The molecule has 3 N–H and O–H groups in total. The number of aromatic hydroxyl groups is 1. The van der Waals surface area contributed by atoms with Gasteiger partial charge in [-0.2, -0.15) is 8.42 Å². The van der Waals surface area contributed by atoms with Crippen LogP contribution < -0.4 is 10.6 Å². The quantitative estimate of drug-likeness (QED) is 0.302. The Hall–Kier alpha value is -3.36. The summed E-state index contributed by atoms with van der Waals surface area (Å²) < 4.78 is 66.9. The number of sulfonamides is 2. The fraction of sp³-hybridized carbons (Fsp3) is 0.417. The first kappa shape index (κ1) is 29.2. The zero-order valence-electron chi connectivity index (χ0n) is 22.2. The Kier molecular flexibility index (Phi) is 8.29. The van der Waals surface area contributed by atoms with Crippen LogP contribution in [0.2, 0.25) is 0 Å². The average Bonchev–Trinajstić information content (AvgIpc) is 3.27. The Labute approximate surface area is 222 Å². The van der Waals surface area contributed by atoms with Gasteiger partial charge in [-0.3, -0.25) is 0 Å². The van der Waals surface area contributed by atoms with Crippen LogP contribution in [-0.4, -0.2) is 58.8 Å². The number of esters is 1. The van der Waals surface area contributed by atoms with Gasteiger partial charge >= 0.3 is 5.97 Å². The number of rotatable bonds is 9. The predicted octanol–water partition coefficient (Wildman–Crippen LogP) is 2.77. The van der Waals surface area contributed by atoms with E-state index >= 15 is 0 Å². The van der Waals surface area contributed by atoms with Crippen molar-refractivity contribution >= 4 is 37.5 Å². The van der Waals surface area contributed by atoms with E-state index in [1.54, 1.807) is 6.92 Å². The van der Waals surface area contributed by atoms with E-state index < -0.39 is 47.6 Å². The molecule has 0 spiro atoms. The molecule has 1 aromatic carbocycles. The number of carbonyl (C=O) groups excluding carboxylic acids is 1. The smallest absolute Gasteiger partial charge is 0.354 e. The van der Waals surface area contributed by atoms with E-state index in [1.807, 2.05) is 26.8 Å². The number of aryl methyl sites for hydroxylation is 2. The monoisotopic (exact) mass is 568 g/mol. The molecule has 0 fully saturated rings. The Morgan fingerprint density at radius 2 is 1.89 bits per heavy atom. The highest BCUT2D eigenvalue weighted by molar-refractivity contribution is 7.95. The summed E-state index contributed by atoms with van der Waals surface area (Å²) in [6.45, 7) is 8.87. The van der Waals surface area contributed by atoms with E-state index in [0.717, 1.165) is 9.87 Å². The molecule has 1 aliphatic heterocycles. The minimum Gasteiger partial charge on any atom is -0.504 e. The molecule has 3 rings (SSSR count). The second-order valence-corrected chi connectivity index (χ2v) is 12.8. The van der Waals surface area contributed by atoms with Gasteiger partial charge in [0.05, 0.1) is 18.3 Å². The molecule has 1 aliphatic rings. The number of amidine groups is 1. The topological polar surface area (TPSA) is 168 Å². The van der Waals surface area contributed by atoms with Gasteiger partial charge in [-0.1, -0.05) is 19.9 Å². The van der Waals surface area contributed by atoms with Gasteiger partial charge in [-0.15, -0.1) is 4.40 Å². The predicted molar refractivity (Wildman–Crippen MR) is 142 cm³/mol. The molecule has 0 saturated heterocycles. The summed E-state index contributed by atoms with van der Waals surface area (Å²) in [5, 5.41) is 16.6. The van der Waals surface area contributed by atoms with Crippen molar-refractivity contribution in [2.24, 2.45) is 10.3 Å². The van der Waals surface area contributed by atoms with Crippen LogP contribution in [0.25, 0.3) is 0 Å². The molecule has 0 aliphatic carbocycles. The first-order valence-corrected chi connectivity index (χ1v) is 14.6. The highest BCUT2D eigenvalue weighted by Crippen LogP contribution is 2.36. The van der Waals surface area contributed by atoms with E-state index in [0.29, 0.717) is 11.5 Å². The molecule has 1 atom stereocenters. The molecule has 208 valence electrons. The van der Waals surface area contributed by atoms with Crippen molar-refractivity contribution < 1.29 is 35.9 Å². The largest absolute Gasteiger partial charge is 0.504 e. The van der Waals surface area contributed by atoms with E-state index in [1.165, 1.54) is 39.2 Å². The minimum atomic E-state index is -4.52. The molecule has 0 unspecified atom stereocenters. The van der Waals surface area contributed by atoms with E-state index in [4.69, 9.17) is 9.15 Å². The number of phenolic OH excluding ortho intramolecular Hbond substituents is 1. The zero-order valence-corrected chi connectivity index (χ0v) is 23.8. The number of nitrogens with zero attached hydrogens (tertiary/aromatic N) is 2. The summed E-state index contributed by atoms with van der Waals surface area (Å²) >= 11 is 0. The number of para-hydroxylation sites is 1. The number of phenols is 1. The van der Waals surface area contributed by atoms with E-state index in [9.17, 15) is 26.7 Å². The second kappa shape index (κ2) is 10.8. The van der Waals surface area contributed by atoms with Gasteiger partial charge in [0.1, 0.15) is 22.1 Å². The number of anilines is 1. The number of ether oxygens (including phenoxy) is 1. The third-order valence-corrected chi connectivity index (χ3v) is 9.02. The highest BCUT2D eigenvalue weighted by Gasteiger charge is 2.40. The molecule has 0 amide bonds. The Bertz CT molecular complexity index is 1500. The lowest BCUT2D eigenvalue weighted by atomic mass is 10.0. The van der Waals surface area contributed by atoms with Crippen molar-refractivity contribution in [3.8, 4) is 5.75 Å². The summed E-state index contributed by atoms with van der Waals surface area (Å²) in [5.41, 5.74) is 0.435. The first-order valence-electron chi connectivity index (χ1n) is 11.7. The van der Waals surface area contributed by atoms with Crippen LogP contribution in [0.3, 0.4) is 0 Å². The van der Waals surface area contributed by atoms with Crippen molar-refractivity contribution in [2.75, 3.05) is 26.0 Å². The molecule has 2 aromatic rings. The van der Waals surface area contributed by atoms with Crippen LogP contribution in [-0.2, 0) is 29.6 Å². The van der Waals surface area contributed by atoms with Crippen LogP contribution in [0.5, 0.6) is 5.75 Å². The van der Waals surface area contributed by atoms with Gasteiger partial charge in [0.2, 0.25) is 14.9 Å². The number of carbonyl (C=O) groups is 1. The molecule has 2 heterocycles. The van der Waals surface area contributed by atoms with Crippen LogP contribution in [0.1, 0.15) is 43.9 Å². The lowest BCUT2D eigenvalue weighted by molar-refractivity contribution is -0.137. The third-order valence-electron chi connectivity index (χ3n) is 5.86. The first-order chi connectivity index (χ1) is 17.6. The molecular weight excluding hydrogens is 536 g/mol. The van der Waals surface area contributed by atoms with E-state index in [-0.39, 0.29) is 29.7 Å². The van der Waals surface area contributed by atoms with Crippen molar-refractivity contribution in [2.45, 2.75) is 45.6 Å². The maximum Gasteiger partial charge on any atom is 0.354 e. The van der Waals surface area contributed by atoms with Crippen LogP contribution in [0, 0.1) is 19.8 Å². The minimum absolute atomic E-state index is 0.102. The Balaban J connectivity index is 2.16. The fourth-order valence-corrected chi connectivity index (χ4v) is 5.85. The second-order valence-electron chi connectivity index (χ2n) is 9.16. The lowest BCUT2D eigenvalue weighted by Crippen LogP contribution is -2.34. The summed E-state index contributed by atoms with van der Waals surface area (Å²) in [6.07, 6.45) is 0. The fourth-order valence-electron chi connectivity index (χ4n) is 3.70. The van der Waals surface area contributed by atoms with Gasteiger partial charge < -0.3 is 24.9 Å². The molecule has 14 heteroatoms. The van der Waals surface area contributed by atoms with Crippen molar-refractivity contribution in [3.05, 3.63) is 52.0 Å².